The molecule has 204 valence electrons. The molecule has 0 saturated heterocycles. The summed E-state index contributed by atoms with van der Waals surface area (Å²) in [6.07, 6.45) is 14.0. The summed E-state index contributed by atoms with van der Waals surface area (Å²) < 4.78 is 0. The van der Waals surface area contributed by atoms with Crippen LogP contribution in [0.15, 0.2) is 23.3 Å². The first-order valence-corrected chi connectivity index (χ1v) is 13.9. The molecule has 0 unspecified atom stereocenters. The molecule has 0 radical (unpaired) electrons. The molecule has 2 N–H and O–H groups in total. The molecular weight excluding hydrogens is 497 g/mol. The summed E-state index contributed by atoms with van der Waals surface area (Å²) in [5, 5.41) is 0. The van der Waals surface area contributed by atoms with Gasteiger partial charge in [0.15, 0.2) is 0 Å². The van der Waals surface area contributed by atoms with Crippen LogP contribution in [0.5, 0.6) is 0 Å². The van der Waals surface area contributed by atoms with Crippen LogP contribution in [-0.2, 0) is 10.2 Å². The minimum Gasteiger partial charge on any atom is -0.497 e. The number of aromatic nitrogens is 2. The van der Waals surface area contributed by atoms with Crippen LogP contribution >= 0.6 is 0 Å². The van der Waals surface area contributed by atoms with Crippen LogP contribution in [0.4, 0.5) is 17.2 Å². The van der Waals surface area contributed by atoms with Gasteiger partial charge >= 0.3 is 51.4 Å². The van der Waals surface area contributed by atoms with E-state index in [2.05, 4.69) is 41.8 Å². The number of nitrogens with zero attached hydrogens (tertiary/aromatic N) is 4. The number of rotatable bonds is 8. The molecule has 6 nitrogen and oxygen atoms in total. The predicted molar refractivity (Wildman–Crippen MR) is 156 cm³/mol. The zero-order valence-corrected chi connectivity index (χ0v) is 28.1. The number of fused-ring (bicyclic) bond motifs is 1. The number of anilines is 2. The zero-order valence-electron chi connectivity index (χ0n) is 25.0. The summed E-state index contributed by atoms with van der Waals surface area (Å²) in [4.78, 5) is 27.7. The van der Waals surface area contributed by atoms with E-state index in [0.717, 1.165) is 36.2 Å². The van der Waals surface area contributed by atoms with Gasteiger partial charge in [-0.25, -0.2) is 6.07 Å². The van der Waals surface area contributed by atoms with Crippen molar-refractivity contribution in [3.05, 3.63) is 36.5 Å². The van der Waals surface area contributed by atoms with E-state index in [-0.39, 0.29) is 69.2 Å². The maximum atomic E-state index is 13.1. The van der Waals surface area contributed by atoms with Gasteiger partial charge in [0, 0.05) is 23.6 Å². The van der Waals surface area contributed by atoms with Gasteiger partial charge in [0.25, 0.3) is 0 Å². The molecule has 2 aliphatic rings. The van der Waals surface area contributed by atoms with E-state index in [4.69, 9.17) is 12.5 Å². The molecule has 1 saturated carbocycles. The fourth-order valence-corrected chi connectivity index (χ4v) is 4.76. The van der Waals surface area contributed by atoms with E-state index >= 15 is 0 Å². The van der Waals surface area contributed by atoms with Crippen LogP contribution in [0.1, 0.15) is 106 Å². The molecule has 0 aromatic carbocycles. The van der Waals surface area contributed by atoms with Gasteiger partial charge in [0.1, 0.15) is 0 Å². The van der Waals surface area contributed by atoms with Crippen molar-refractivity contribution in [3.63, 3.8) is 0 Å². The van der Waals surface area contributed by atoms with E-state index in [1.165, 1.54) is 32.1 Å². The van der Waals surface area contributed by atoms with Crippen LogP contribution in [0, 0.1) is 18.4 Å². The Labute approximate surface area is 274 Å². The normalized spacial score (nSPS) is 18.6. The SMILES string of the molecule is CCCCCCC.C[CH-]C.[CH-]=Nc1[c-]c(N)nc(-c2cnc3c(c2)N(C2CC(CC)C2)C(=O)C3(C)C)c1.[K+]. The molecule has 7 heteroatoms. The van der Waals surface area contributed by atoms with Gasteiger partial charge in [-0.3, -0.25) is 26.5 Å². The Bertz CT molecular complexity index is 1030. The van der Waals surface area contributed by atoms with Crippen LogP contribution in [0.25, 0.3) is 11.3 Å². The maximum Gasteiger partial charge on any atom is 1.00 e. The summed E-state index contributed by atoms with van der Waals surface area (Å²) in [6.45, 7) is 19.9. The third kappa shape index (κ3) is 8.69. The van der Waals surface area contributed by atoms with E-state index in [1.807, 2.05) is 45.1 Å². The predicted octanol–water partition coefficient (Wildman–Crippen LogP) is 4.76. The second-order valence-electron chi connectivity index (χ2n) is 10.6. The summed E-state index contributed by atoms with van der Waals surface area (Å²) in [5.41, 5.74) is 8.71. The second-order valence-corrected chi connectivity index (χ2v) is 10.6. The van der Waals surface area contributed by atoms with Gasteiger partial charge in [0.2, 0.25) is 5.91 Å². The van der Waals surface area contributed by atoms with Crippen molar-refractivity contribution in [2.24, 2.45) is 10.9 Å². The summed E-state index contributed by atoms with van der Waals surface area (Å²) in [5.74, 6) is 1.04. The van der Waals surface area contributed by atoms with E-state index in [0.29, 0.717) is 17.3 Å². The molecule has 1 fully saturated rings. The number of carbonyl (C=O) groups is 1. The Balaban J connectivity index is 0.000000566. The minimum absolute atomic E-state index is 0. The Morgan fingerprint density at radius 1 is 1.16 bits per heavy atom. The van der Waals surface area contributed by atoms with Crippen molar-refractivity contribution in [3.8, 4) is 11.3 Å². The maximum absolute atomic E-state index is 13.1. The Morgan fingerprint density at radius 2 is 1.76 bits per heavy atom. The molecule has 3 heterocycles. The first kappa shape index (κ1) is 34.9. The Hall–Kier alpha value is -1.12. The van der Waals surface area contributed by atoms with Gasteiger partial charge in [-0.1, -0.05) is 59.3 Å². The fraction of sp³-hybridized carbons (Fsp3) is 0.581. The summed E-state index contributed by atoms with van der Waals surface area (Å²) >= 11 is 0. The van der Waals surface area contributed by atoms with E-state index < -0.39 is 5.41 Å². The monoisotopic (exact) mass is 543 g/mol. The third-order valence-electron chi connectivity index (χ3n) is 7.04. The van der Waals surface area contributed by atoms with Gasteiger partial charge in [-0.05, 0) is 44.4 Å². The molecule has 4 rings (SSSR count). The van der Waals surface area contributed by atoms with Crippen molar-refractivity contribution in [2.45, 2.75) is 111 Å². The first-order chi connectivity index (χ1) is 17.7. The number of pyridine rings is 2. The molecule has 0 atom stereocenters. The molecule has 38 heavy (non-hydrogen) atoms. The molecule has 1 aliphatic heterocycles. The average molecular weight is 544 g/mol. The molecule has 2 aromatic rings. The second kappa shape index (κ2) is 16.9. The van der Waals surface area contributed by atoms with Crippen molar-refractivity contribution in [1.29, 1.82) is 0 Å². The topological polar surface area (TPSA) is 84.5 Å². The molecule has 1 aliphatic carbocycles. The standard InChI is InChI=1S/C21H23N5O.C7H16.C3H7.K/c1-5-12-6-15(7-12)26-17-8-13(11-24-19(17)21(2,3)20(26)27)16-9-14(23-4)10-18(22)25-16;1-3-5-7-6-4-2;1-3-2;/h4,8-9,11-12,15H,5-7H2,1-3H3,(H2,22,25);3-7H2,1-2H3;3H,1-2H3;/q-2;;-1;+1. The molecule has 0 spiro atoms. The van der Waals surface area contributed by atoms with Crippen LogP contribution < -0.4 is 62.0 Å². The van der Waals surface area contributed by atoms with E-state index in [1.54, 1.807) is 12.3 Å². The number of amides is 1. The van der Waals surface area contributed by atoms with Crippen molar-refractivity contribution in [2.75, 3.05) is 10.6 Å². The number of nitrogens with two attached hydrogens (primary N) is 1. The van der Waals surface area contributed by atoms with Crippen molar-refractivity contribution < 1.29 is 56.2 Å². The van der Waals surface area contributed by atoms with Crippen molar-refractivity contribution in [1.82, 2.24) is 9.97 Å². The number of unbranched alkanes of at least 4 members (excludes halogenated alkanes) is 4. The van der Waals surface area contributed by atoms with Gasteiger partial charge < -0.3 is 22.0 Å². The zero-order chi connectivity index (χ0) is 27.6. The third-order valence-corrected chi connectivity index (χ3v) is 7.04. The summed E-state index contributed by atoms with van der Waals surface area (Å²) in [6, 6.07) is 6.73. The van der Waals surface area contributed by atoms with Crippen LogP contribution in [-0.4, -0.2) is 28.6 Å². The number of hydrogen-bond donors (Lipinski definition) is 1. The Kier molecular flexibility index (Phi) is 15.5. The number of hydrogen-bond acceptors (Lipinski definition) is 5. The number of aliphatic imine (C=N–C) groups is 1. The summed E-state index contributed by atoms with van der Waals surface area (Å²) in [7, 11) is 0. The van der Waals surface area contributed by atoms with Gasteiger partial charge in [-0.2, -0.15) is 20.6 Å². The first-order valence-electron chi connectivity index (χ1n) is 13.9. The van der Waals surface area contributed by atoms with Crippen molar-refractivity contribution >= 4 is 29.8 Å². The quantitative estimate of drug-likeness (QED) is 0.225. The smallest absolute Gasteiger partial charge is 0.497 e. The van der Waals surface area contributed by atoms with Gasteiger partial charge in [0.05, 0.1) is 16.8 Å². The largest absolute Gasteiger partial charge is 1.00 e. The Morgan fingerprint density at radius 3 is 2.29 bits per heavy atom. The van der Waals surface area contributed by atoms with Crippen LogP contribution in [0.3, 0.4) is 0 Å². The van der Waals surface area contributed by atoms with Gasteiger partial charge in [-0.15, -0.1) is 0 Å². The molecular formula is C31H46KN5O-2. The molecule has 0 bridgehead atoms. The van der Waals surface area contributed by atoms with E-state index in [9.17, 15) is 4.79 Å². The molecule has 1 amide bonds. The molecule has 2 aromatic heterocycles. The average Bonchev–Trinajstić information content (AvgIpc) is 3.04. The fourth-order valence-electron chi connectivity index (χ4n) is 4.76. The van der Waals surface area contributed by atoms with Crippen LogP contribution in [0.2, 0.25) is 0 Å². The number of carbonyl (C=O) groups excluding carboxylic acids is 1. The number of nitrogen functional groups attached to an aromatic ring is 1. The minimum atomic E-state index is -0.625.